The molecule has 21 heavy (non-hydrogen) atoms. The van der Waals surface area contributed by atoms with Crippen LogP contribution < -0.4 is 5.32 Å². The summed E-state index contributed by atoms with van der Waals surface area (Å²) in [5.74, 6) is 0.583. The first-order valence-electron chi connectivity index (χ1n) is 7.91. The maximum absolute atomic E-state index is 4.27. The molecule has 0 radical (unpaired) electrons. The van der Waals surface area contributed by atoms with Crippen LogP contribution in [-0.4, -0.2) is 16.3 Å². The summed E-state index contributed by atoms with van der Waals surface area (Å²) in [6.45, 7) is 7.71. The van der Waals surface area contributed by atoms with Gasteiger partial charge in [-0.15, -0.1) is 0 Å². The second-order valence-corrected chi connectivity index (χ2v) is 6.05. The third-order valence-corrected chi connectivity index (χ3v) is 3.84. The quantitative estimate of drug-likeness (QED) is 0.838. The van der Waals surface area contributed by atoms with Gasteiger partial charge in [0, 0.05) is 19.3 Å². The van der Waals surface area contributed by atoms with E-state index in [1.54, 1.807) is 0 Å². The van der Waals surface area contributed by atoms with Gasteiger partial charge in [0.15, 0.2) is 0 Å². The van der Waals surface area contributed by atoms with E-state index in [9.17, 15) is 0 Å². The zero-order valence-corrected chi connectivity index (χ0v) is 13.6. The molecule has 0 aliphatic heterocycles. The van der Waals surface area contributed by atoms with E-state index in [1.165, 1.54) is 16.7 Å². The van der Waals surface area contributed by atoms with E-state index in [2.05, 4.69) is 61.6 Å². The van der Waals surface area contributed by atoms with Crippen molar-refractivity contribution in [3.8, 4) is 0 Å². The Labute approximate surface area is 128 Å². The van der Waals surface area contributed by atoms with Crippen LogP contribution in [0.5, 0.6) is 0 Å². The Balaban J connectivity index is 2.14. The van der Waals surface area contributed by atoms with Gasteiger partial charge in [0.2, 0.25) is 0 Å². The number of aromatic nitrogens is 2. The van der Waals surface area contributed by atoms with Crippen molar-refractivity contribution in [3.63, 3.8) is 0 Å². The number of aryl methyl sites for hydroxylation is 1. The zero-order valence-electron chi connectivity index (χ0n) is 13.6. The van der Waals surface area contributed by atoms with E-state index in [4.69, 9.17) is 0 Å². The van der Waals surface area contributed by atoms with E-state index in [1.807, 2.05) is 17.9 Å². The topological polar surface area (TPSA) is 29.9 Å². The maximum atomic E-state index is 4.27. The van der Waals surface area contributed by atoms with Crippen LogP contribution in [0.3, 0.4) is 0 Å². The Bertz CT molecular complexity index is 540. The summed E-state index contributed by atoms with van der Waals surface area (Å²) >= 11 is 0. The molecule has 1 aromatic carbocycles. The van der Waals surface area contributed by atoms with Crippen molar-refractivity contribution >= 4 is 0 Å². The second-order valence-electron chi connectivity index (χ2n) is 6.05. The molecule has 0 spiro atoms. The molecule has 0 saturated carbocycles. The number of rotatable bonds is 7. The molecule has 2 aromatic rings. The van der Waals surface area contributed by atoms with Crippen molar-refractivity contribution in [1.82, 2.24) is 15.1 Å². The minimum atomic E-state index is 0.357. The van der Waals surface area contributed by atoms with Gasteiger partial charge >= 0.3 is 0 Å². The third-order valence-electron chi connectivity index (χ3n) is 3.84. The highest BCUT2D eigenvalue weighted by Crippen LogP contribution is 2.21. The Morgan fingerprint density at radius 1 is 1.14 bits per heavy atom. The fourth-order valence-corrected chi connectivity index (χ4v) is 2.55. The van der Waals surface area contributed by atoms with Gasteiger partial charge in [-0.3, -0.25) is 4.68 Å². The first-order chi connectivity index (χ1) is 10.1. The van der Waals surface area contributed by atoms with E-state index in [0.717, 1.165) is 19.4 Å². The van der Waals surface area contributed by atoms with E-state index >= 15 is 0 Å². The average Bonchev–Trinajstić information content (AvgIpc) is 2.89. The lowest BCUT2D eigenvalue weighted by Crippen LogP contribution is -2.24. The van der Waals surface area contributed by atoms with Gasteiger partial charge in [-0.1, -0.05) is 45.0 Å². The molecule has 1 unspecified atom stereocenters. The maximum Gasteiger partial charge on any atom is 0.0522 e. The molecule has 1 heterocycles. The monoisotopic (exact) mass is 285 g/mol. The number of nitrogens with one attached hydrogen (secondary N) is 1. The lowest BCUT2D eigenvalue weighted by molar-refractivity contribution is 0.529. The smallest absolute Gasteiger partial charge is 0.0522 e. The highest BCUT2D eigenvalue weighted by molar-refractivity contribution is 5.28. The molecule has 0 fully saturated rings. The Kier molecular flexibility index (Phi) is 5.57. The Hall–Kier alpha value is -1.61. The Morgan fingerprint density at radius 2 is 1.81 bits per heavy atom. The van der Waals surface area contributed by atoms with Crippen LogP contribution in [0.2, 0.25) is 0 Å². The fourth-order valence-electron chi connectivity index (χ4n) is 2.55. The zero-order chi connectivity index (χ0) is 15.2. The summed E-state index contributed by atoms with van der Waals surface area (Å²) < 4.78 is 1.87. The van der Waals surface area contributed by atoms with Crippen molar-refractivity contribution < 1.29 is 0 Å². The van der Waals surface area contributed by atoms with Gasteiger partial charge in [-0.25, -0.2) is 0 Å². The van der Waals surface area contributed by atoms with Crippen LogP contribution in [0.25, 0.3) is 0 Å². The highest BCUT2D eigenvalue weighted by Gasteiger charge is 2.13. The molecule has 0 amide bonds. The van der Waals surface area contributed by atoms with Crippen molar-refractivity contribution in [2.75, 3.05) is 6.54 Å². The SMILES string of the molecule is CCCNC(Cc1cnn(C)c1)c1ccc(C(C)C)cc1. The summed E-state index contributed by atoms with van der Waals surface area (Å²) in [7, 11) is 1.97. The number of hydrogen-bond acceptors (Lipinski definition) is 2. The molecular weight excluding hydrogens is 258 g/mol. The summed E-state index contributed by atoms with van der Waals surface area (Å²) in [5, 5.41) is 7.92. The molecule has 114 valence electrons. The lowest BCUT2D eigenvalue weighted by Gasteiger charge is -2.19. The van der Waals surface area contributed by atoms with Crippen molar-refractivity contribution in [1.29, 1.82) is 0 Å². The van der Waals surface area contributed by atoms with Crippen LogP contribution in [0.1, 0.15) is 55.8 Å². The molecule has 0 bridgehead atoms. The first-order valence-corrected chi connectivity index (χ1v) is 7.91. The first kappa shape index (κ1) is 15.8. The van der Waals surface area contributed by atoms with Crippen LogP contribution in [0, 0.1) is 0 Å². The van der Waals surface area contributed by atoms with Gasteiger partial charge < -0.3 is 5.32 Å². The normalized spacial score (nSPS) is 12.8. The van der Waals surface area contributed by atoms with Crippen LogP contribution in [0.15, 0.2) is 36.7 Å². The predicted molar refractivity (Wildman–Crippen MR) is 88.5 cm³/mol. The average molecular weight is 285 g/mol. The van der Waals surface area contributed by atoms with Gasteiger partial charge in [-0.2, -0.15) is 5.10 Å². The Morgan fingerprint density at radius 3 is 2.33 bits per heavy atom. The van der Waals surface area contributed by atoms with Gasteiger partial charge in [0.05, 0.1) is 6.20 Å². The summed E-state index contributed by atoms with van der Waals surface area (Å²) in [6, 6.07) is 9.39. The molecule has 1 atom stereocenters. The number of benzene rings is 1. The van der Waals surface area contributed by atoms with Crippen molar-refractivity contribution in [3.05, 3.63) is 53.3 Å². The second kappa shape index (κ2) is 7.41. The van der Waals surface area contributed by atoms with Crippen molar-refractivity contribution in [2.24, 2.45) is 7.05 Å². The molecule has 3 nitrogen and oxygen atoms in total. The molecule has 0 aliphatic rings. The standard InChI is InChI=1S/C18H27N3/c1-5-10-19-18(11-15-12-20-21(4)13-15)17-8-6-16(7-9-17)14(2)3/h6-9,12-14,18-19H,5,10-11H2,1-4H3. The lowest BCUT2D eigenvalue weighted by atomic mass is 9.96. The minimum Gasteiger partial charge on any atom is -0.310 e. The van der Waals surface area contributed by atoms with E-state index < -0.39 is 0 Å². The number of nitrogens with zero attached hydrogens (tertiary/aromatic N) is 2. The summed E-state index contributed by atoms with van der Waals surface area (Å²) in [4.78, 5) is 0. The molecule has 2 rings (SSSR count). The van der Waals surface area contributed by atoms with E-state index in [-0.39, 0.29) is 0 Å². The van der Waals surface area contributed by atoms with Crippen molar-refractivity contribution in [2.45, 2.75) is 45.6 Å². The molecule has 0 aliphatic carbocycles. The molecule has 1 aromatic heterocycles. The van der Waals surface area contributed by atoms with Crippen LogP contribution >= 0.6 is 0 Å². The predicted octanol–water partition coefficient (Wildman–Crippen LogP) is 3.83. The van der Waals surface area contributed by atoms with Gasteiger partial charge in [0.25, 0.3) is 0 Å². The minimum absolute atomic E-state index is 0.357. The summed E-state index contributed by atoms with van der Waals surface area (Å²) in [5.41, 5.74) is 4.03. The largest absolute Gasteiger partial charge is 0.310 e. The third kappa shape index (κ3) is 4.43. The van der Waals surface area contributed by atoms with Gasteiger partial charge in [0.1, 0.15) is 0 Å². The fraction of sp³-hybridized carbons (Fsp3) is 0.500. The summed E-state index contributed by atoms with van der Waals surface area (Å²) in [6.07, 6.45) is 6.19. The van der Waals surface area contributed by atoms with E-state index in [0.29, 0.717) is 12.0 Å². The number of hydrogen-bond donors (Lipinski definition) is 1. The molecule has 3 heteroatoms. The highest BCUT2D eigenvalue weighted by atomic mass is 15.2. The molecule has 0 saturated heterocycles. The van der Waals surface area contributed by atoms with Gasteiger partial charge in [-0.05, 0) is 42.0 Å². The van der Waals surface area contributed by atoms with Crippen LogP contribution in [0.4, 0.5) is 0 Å². The molecule has 1 N–H and O–H groups in total. The van der Waals surface area contributed by atoms with Crippen LogP contribution in [-0.2, 0) is 13.5 Å². The molecular formula is C18H27N3.